The van der Waals surface area contributed by atoms with E-state index in [9.17, 15) is 15.3 Å². The van der Waals surface area contributed by atoms with Gasteiger partial charge in [-0.2, -0.15) is 10.5 Å². The van der Waals surface area contributed by atoms with Crippen LogP contribution in [0.1, 0.15) is 61.9 Å². The van der Waals surface area contributed by atoms with Gasteiger partial charge >= 0.3 is 5.97 Å². The van der Waals surface area contributed by atoms with Crippen molar-refractivity contribution in [2.24, 2.45) is 0 Å². The standard InChI is InChI=1S/C20H23N5O2/c1-6-27-18(26)17-23-13-25(24-17)10-14-7-15(19(2,3)11-21)9-16(8-14)20(4,5)12-22/h7-9,13H,6,10H2,1-5H3. The third-order valence-electron chi connectivity index (χ3n) is 4.33. The van der Waals surface area contributed by atoms with Crippen LogP contribution in [-0.2, 0) is 22.1 Å². The molecule has 0 fully saturated rings. The second kappa shape index (κ2) is 7.59. The number of aromatic nitrogens is 3. The average molecular weight is 365 g/mol. The number of esters is 1. The Bertz CT molecular complexity index is 884. The van der Waals surface area contributed by atoms with Crippen molar-refractivity contribution in [1.29, 1.82) is 10.5 Å². The zero-order valence-corrected chi connectivity index (χ0v) is 16.3. The van der Waals surface area contributed by atoms with Gasteiger partial charge in [0.25, 0.3) is 5.82 Å². The summed E-state index contributed by atoms with van der Waals surface area (Å²) in [5, 5.41) is 23.1. The van der Waals surface area contributed by atoms with Crippen LogP contribution in [-0.4, -0.2) is 27.3 Å². The predicted molar refractivity (Wildman–Crippen MR) is 98.8 cm³/mol. The molecule has 0 bridgehead atoms. The van der Waals surface area contributed by atoms with E-state index in [1.807, 2.05) is 45.9 Å². The Kier molecular flexibility index (Phi) is 5.66. The van der Waals surface area contributed by atoms with Gasteiger partial charge in [0.1, 0.15) is 6.33 Å². The molecule has 2 aromatic rings. The summed E-state index contributed by atoms with van der Waals surface area (Å²) in [7, 11) is 0. The van der Waals surface area contributed by atoms with E-state index in [1.54, 1.807) is 6.92 Å². The lowest BCUT2D eigenvalue weighted by atomic mass is 9.79. The molecule has 27 heavy (non-hydrogen) atoms. The summed E-state index contributed by atoms with van der Waals surface area (Å²) < 4.78 is 6.43. The Hall–Kier alpha value is -3.19. The first kappa shape index (κ1) is 20.1. The topological polar surface area (TPSA) is 105 Å². The number of nitrogens with zero attached hydrogens (tertiary/aromatic N) is 5. The van der Waals surface area contributed by atoms with Gasteiger partial charge in [-0.1, -0.05) is 18.2 Å². The molecule has 7 nitrogen and oxygen atoms in total. The fraction of sp³-hybridized carbons (Fsp3) is 0.450. The number of nitriles is 2. The van der Waals surface area contributed by atoms with Crippen molar-refractivity contribution >= 4 is 5.97 Å². The zero-order valence-electron chi connectivity index (χ0n) is 16.3. The summed E-state index contributed by atoms with van der Waals surface area (Å²) in [5.41, 5.74) is 1.12. The molecule has 1 heterocycles. The van der Waals surface area contributed by atoms with Crippen LogP contribution in [0.4, 0.5) is 0 Å². The van der Waals surface area contributed by atoms with Crippen molar-refractivity contribution in [2.45, 2.75) is 52.0 Å². The summed E-state index contributed by atoms with van der Waals surface area (Å²) in [6, 6.07) is 10.3. The molecule has 0 aliphatic heterocycles. The SMILES string of the molecule is CCOC(=O)c1ncn(Cc2cc(C(C)(C)C#N)cc(C(C)(C)C#N)c2)n1. The molecule has 0 atom stereocenters. The number of hydrogen-bond acceptors (Lipinski definition) is 6. The molecule has 0 unspecified atom stereocenters. The van der Waals surface area contributed by atoms with Crippen LogP contribution in [0.25, 0.3) is 0 Å². The molecule has 0 amide bonds. The molecule has 0 N–H and O–H groups in total. The van der Waals surface area contributed by atoms with Crippen molar-refractivity contribution in [3.8, 4) is 12.1 Å². The van der Waals surface area contributed by atoms with Crippen molar-refractivity contribution in [3.63, 3.8) is 0 Å². The second-order valence-corrected chi connectivity index (χ2v) is 7.38. The van der Waals surface area contributed by atoms with E-state index in [4.69, 9.17) is 4.74 Å². The Morgan fingerprint density at radius 3 is 2.15 bits per heavy atom. The van der Waals surface area contributed by atoms with E-state index in [1.165, 1.54) is 11.0 Å². The normalized spacial score (nSPS) is 11.5. The molecule has 1 aromatic heterocycles. The molecule has 0 radical (unpaired) electrons. The van der Waals surface area contributed by atoms with Gasteiger partial charge in [0, 0.05) is 0 Å². The predicted octanol–water partition coefficient (Wildman–Crippen LogP) is 3.11. The molecule has 0 aliphatic carbocycles. The summed E-state index contributed by atoms with van der Waals surface area (Å²) in [6.45, 7) is 9.68. The van der Waals surface area contributed by atoms with E-state index in [0.29, 0.717) is 6.54 Å². The highest BCUT2D eigenvalue weighted by Crippen LogP contribution is 2.30. The van der Waals surface area contributed by atoms with Crippen LogP contribution in [0.3, 0.4) is 0 Å². The second-order valence-electron chi connectivity index (χ2n) is 7.38. The minimum atomic E-state index is -0.700. The summed E-state index contributed by atoms with van der Waals surface area (Å²) in [5.74, 6) is -0.565. The maximum absolute atomic E-state index is 11.7. The summed E-state index contributed by atoms with van der Waals surface area (Å²) >= 11 is 0. The molecule has 2 rings (SSSR count). The molecule has 0 saturated heterocycles. The van der Waals surface area contributed by atoms with E-state index >= 15 is 0 Å². The van der Waals surface area contributed by atoms with E-state index in [-0.39, 0.29) is 12.4 Å². The lowest BCUT2D eigenvalue weighted by Crippen LogP contribution is -2.20. The lowest BCUT2D eigenvalue weighted by molar-refractivity contribution is 0.0511. The molecule has 0 spiro atoms. The van der Waals surface area contributed by atoms with Gasteiger partial charge in [0.15, 0.2) is 0 Å². The summed E-state index contributed by atoms with van der Waals surface area (Å²) in [4.78, 5) is 15.7. The van der Waals surface area contributed by atoms with Gasteiger partial charge in [-0.3, -0.25) is 0 Å². The van der Waals surface area contributed by atoms with Crippen molar-refractivity contribution < 1.29 is 9.53 Å². The number of rotatable bonds is 6. The molecule has 0 saturated carbocycles. The number of carbonyl (C=O) groups is 1. The van der Waals surface area contributed by atoms with Crippen molar-refractivity contribution in [2.75, 3.05) is 6.61 Å². The monoisotopic (exact) mass is 365 g/mol. The largest absolute Gasteiger partial charge is 0.460 e. The van der Waals surface area contributed by atoms with E-state index < -0.39 is 16.8 Å². The first-order chi connectivity index (χ1) is 12.6. The number of hydrogen-bond donors (Lipinski definition) is 0. The Balaban J connectivity index is 2.43. The maximum atomic E-state index is 11.7. The van der Waals surface area contributed by atoms with Crippen LogP contribution in [0.5, 0.6) is 0 Å². The maximum Gasteiger partial charge on any atom is 0.378 e. The highest BCUT2D eigenvalue weighted by atomic mass is 16.5. The van der Waals surface area contributed by atoms with Gasteiger partial charge < -0.3 is 4.74 Å². The zero-order chi connectivity index (χ0) is 20.2. The van der Waals surface area contributed by atoms with Gasteiger partial charge in [-0.25, -0.2) is 14.5 Å². The molecule has 0 aliphatic rings. The number of benzene rings is 1. The number of ether oxygens (including phenoxy) is 1. The van der Waals surface area contributed by atoms with E-state index in [0.717, 1.165) is 16.7 Å². The molecular formula is C20H23N5O2. The van der Waals surface area contributed by atoms with Crippen LogP contribution >= 0.6 is 0 Å². The number of carbonyl (C=O) groups excluding carboxylic acids is 1. The van der Waals surface area contributed by atoms with Crippen LogP contribution in [0, 0.1) is 22.7 Å². The minimum absolute atomic E-state index is 0.00272. The van der Waals surface area contributed by atoms with E-state index in [2.05, 4.69) is 22.2 Å². The van der Waals surface area contributed by atoms with Crippen LogP contribution in [0.15, 0.2) is 24.5 Å². The lowest BCUT2D eigenvalue weighted by Gasteiger charge is -2.23. The molecule has 140 valence electrons. The smallest absolute Gasteiger partial charge is 0.378 e. The van der Waals surface area contributed by atoms with Crippen LogP contribution < -0.4 is 0 Å². The molecule has 7 heteroatoms. The first-order valence-electron chi connectivity index (χ1n) is 8.67. The van der Waals surface area contributed by atoms with Crippen molar-refractivity contribution in [1.82, 2.24) is 14.8 Å². The quantitative estimate of drug-likeness (QED) is 0.728. The van der Waals surface area contributed by atoms with Gasteiger partial charge in [-0.15, -0.1) is 5.10 Å². The average Bonchev–Trinajstić information content (AvgIpc) is 3.10. The van der Waals surface area contributed by atoms with Gasteiger partial charge in [0.2, 0.25) is 0 Å². The Morgan fingerprint density at radius 1 is 1.11 bits per heavy atom. The first-order valence-corrected chi connectivity index (χ1v) is 8.67. The fourth-order valence-electron chi connectivity index (χ4n) is 2.48. The van der Waals surface area contributed by atoms with Gasteiger partial charge in [-0.05, 0) is 51.3 Å². The third-order valence-corrected chi connectivity index (χ3v) is 4.33. The van der Waals surface area contributed by atoms with Gasteiger partial charge in [0.05, 0.1) is 36.1 Å². The summed E-state index contributed by atoms with van der Waals surface area (Å²) in [6.07, 6.45) is 1.46. The highest BCUT2D eigenvalue weighted by molar-refractivity contribution is 5.84. The Labute approximate surface area is 159 Å². The molecule has 1 aromatic carbocycles. The highest BCUT2D eigenvalue weighted by Gasteiger charge is 2.26. The molecular weight excluding hydrogens is 342 g/mol. The van der Waals surface area contributed by atoms with Crippen LogP contribution in [0.2, 0.25) is 0 Å². The van der Waals surface area contributed by atoms with Crippen molar-refractivity contribution in [3.05, 3.63) is 47.0 Å². The Morgan fingerprint density at radius 2 is 1.67 bits per heavy atom. The third kappa shape index (κ3) is 4.51. The minimum Gasteiger partial charge on any atom is -0.460 e. The fourth-order valence-corrected chi connectivity index (χ4v) is 2.48.